The predicted octanol–water partition coefficient (Wildman–Crippen LogP) is 2.38. The Hall–Kier alpha value is -3.42. The first kappa shape index (κ1) is 17.0. The van der Waals surface area contributed by atoms with E-state index < -0.39 is 17.5 Å². The number of carbonyl (C=O) groups excluding carboxylic acids is 1. The van der Waals surface area contributed by atoms with Gasteiger partial charge in [0.05, 0.1) is 17.1 Å². The molecule has 0 bridgehead atoms. The van der Waals surface area contributed by atoms with Gasteiger partial charge in [-0.2, -0.15) is 5.10 Å². The molecule has 1 aliphatic rings. The lowest BCUT2D eigenvalue weighted by molar-refractivity contribution is 0.0955. The van der Waals surface area contributed by atoms with Gasteiger partial charge in [0.15, 0.2) is 0 Å². The van der Waals surface area contributed by atoms with Gasteiger partial charge in [0.25, 0.3) is 11.5 Å². The Morgan fingerprint density at radius 2 is 2.07 bits per heavy atom. The third-order valence-electron chi connectivity index (χ3n) is 4.41. The van der Waals surface area contributed by atoms with Gasteiger partial charge in [-0.15, -0.1) is 0 Å². The van der Waals surface area contributed by atoms with E-state index in [2.05, 4.69) is 15.5 Å². The van der Waals surface area contributed by atoms with Crippen molar-refractivity contribution in [3.8, 4) is 0 Å². The zero-order chi connectivity index (χ0) is 19.0. The number of halogens is 2. The van der Waals surface area contributed by atoms with Gasteiger partial charge in [-0.1, -0.05) is 0 Å². The van der Waals surface area contributed by atoms with E-state index in [0.29, 0.717) is 17.4 Å². The molecular weight excluding hydrogens is 354 g/mol. The monoisotopic (exact) mass is 368 g/mol. The average Bonchev–Trinajstić information content (AvgIpc) is 3.12. The maximum atomic E-state index is 13.5. The van der Waals surface area contributed by atoms with E-state index in [1.165, 1.54) is 18.2 Å². The maximum absolute atomic E-state index is 13.5. The molecule has 0 saturated heterocycles. The minimum absolute atomic E-state index is 0.0421. The Morgan fingerprint density at radius 3 is 2.89 bits per heavy atom. The molecule has 0 atom stereocenters. The Balaban J connectivity index is 1.57. The molecule has 2 aromatic carbocycles. The van der Waals surface area contributed by atoms with Crippen molar-refractivity contribution in [2.45, 2.75) is 19.4 Å². The Morgan fingerprint density at radius 1 is 1.22 bits per heavy atom. The quantitative estimate of drug-likeness (QED) is 0.570. The normalized spacial score (nSPS) is 13.3. The number of nitrogens with one attached hydrogen (secondary N) is 1. The van der Waals surface area contributed by atoms with Crippen LogP contribution in [0.3, 0.4) is 0 Å². The molecule has 2 heterocycles. The number of aromatic nitrogens is 2. The molecule has 27 heavy (non-hydrogen) atoms. The summed E-state index contributed by atoms with van der Waals surface area (Å²) in [4.78, 5) is 29.1. The fourth-order valence-corrected chi connectivity index (χ4v) is 3.06. The number of carbonyl (C=O) groups is 1. The van der Waals surface area contributed by atoms with Crippen LogP contribution in [0.1, 0.15) is 28.2 Å². The molecule has 0 fully saturated rings. The molecule has 0 unspecified atom stereocenters. The van der Waals surface area contributed by atoms with Crippen molar-refractivity contribution in [1.29, 1.82) is 0 Å². The molecule has 1 aromatic heterocycles. The largest absolute Gasteiger partial charge is 0.296 e. The molecule has 6 nitrogen and oxygen atoms in total. The molecular formula is C19H14F2N4O2. The third-order valence-corrected chi connectivity index (χ3v) is 4.41. The van der Waals surface area contributed by atoms with Crippen molar-refractivity contribution in [2.75, 3.05) is 0 Å². The summed E-state index contributed by atoms with van der Waals surface area (Å²) >= 11 is 0. The van der Waals surface area contributed by atoms with Crippen molar-refractivity contribution in [1.82, 2.24) is 15.0 Å². The highest BCUT2D eigenvalue weighted by atomic mass is 19.1. The average molecular weight is 368 g/mol. The van der Waals surface area contributed by atoms with Gasteiger partial charge in [0.2, 0.25) is 0 Å². The highest BCUT2D eigenvalue weighted by Gasteiger charge is 2.17. The number of amides is 1. The summed E-state index contributed by atoms with van der Waals surface area (Å²) in [6.45, 7) is 0.661. The van der Waals surface area contributed by atoms with Crippen LogP contribution >= 0.6 is 0 Å². The molecule has 4 rings (SSSR count). The summed E-state index contributed by atoms with van der Waals surface area (Å²) in [6.07, 6.45) is 2.70. The van der Waals surface area contributed by atoms with Gasteiger partial charge in [0, 0.05) is 30.2 Å². The van der Waals surface area contributed by atoms with Crippen LogP contribution in [0.2, 0.25) is 0 Å². The summed E-state index contributed by atoms with van der Waals surface area (Å²) in [5, 5.41) is 4.14. The van der Waals surface area contributed by atoms with E-state index in [1.54, 1.807) is 10.6 Å². The standard InChI is InChI=1S/C19H14F2N4O2/c20-13-5-3-12(15(21)9-13)10-22-24-18(26)11-4-6-14-16(8-11)23-17-2-1-7-25(17)19(14)27/h3-6,8-10H,1-2,7H2,(H,24,26)/b22-10-. The number of rotatable bonds is 3. The summed E-state index contributed by atoms with van der Waals surface area (Å²) in [7, 11) is 0. The first-order valence-electron chi connectivity index (χ1n) is 8.35. The highest BCUT2D eigenvalue weighted by molar-refractivity contribution is 5.98. The van der Waals surface area contributed by atoms with Crippen LogP contribution in [0, 0.1) is 11.6 Å². The van der Waals surface area contributed by atoms with E-state index in [1.807, 2.05) is 0 Å². The van der Waals surface area contributed by atoms with Crippen LogP contribution in [-0.2, 0) is 13.0 Å². The number of hydrogen-bond donors (Lipinski definition) is 1. The van der Waals surface area contributed by atoms with E-state index in [4.69, 9.17) is 0 Å². The van der Waals surface area contributed by atoms with E-state index >= 15 is 0 Å². The van der Waals surface area contributed by atoms with Gasteiger partial charge in [-0.25, -0.2) is 19.2 Å². The second kappa shape index (κ2) is 6.71. The van der Waals surface area contributed by atoms with Crippen LogP contribution in [0.15, 0.2) is 46.3 Å². The van der Waals surface area contributed by atoms with Crippen LogP contribution in [0.4, 0.5) is 8.78 Å². The molecule has 0 radical (unpaired) electrons. The Labute approximate surface area is 152 Å². The van der Waals surface area contributed by atoms with Crippen molar-refractivity contribution in [3.05, 3.63) is 75.3 Å². The zero-order valence-electron chi connectivity index (χ0n) is 14.1. The van der Waals surface area contributed by atoms with Crippen LogP contribution in [0.25, 0.3) is 10.9 Å². The number of hydrazone groups is 1. The van der Waals surface area contributed by atoms with Crippen molar-refractivity contribution in [2.24, 2.45) is 5.10 Å². The predicted molar refractivity (Wildman–Crippen MR) is 95.7 cm³/mol. The number of hydrogen-bond acceptors (Lipinski definition) is 4. The fourth-order valence-electron chi connectivity index (χ4n) is 3.06. The maximum Gasteiger partial charge on any atom is 0.271 e. The van der Waals surface area contributed by atoms with Crippen LogP contribution in [-0.4, -0.2) is 21.7 Å². The second-order valence-electron chi connectivity index (χ2n) is 6.19. The van der Waals surface area contributed by atoms with Crippen LogP contribution < -0.4 is 11.0 Å². The van der Waals surface area contributed by atoms with Crippen molar-refractivity contribution in [3.63, 3.8) is 0 Å². The summed E-state index contributed by atoms with van der Waals surface area (Å²) in [5.74, 6) is -1.29. The van der Waals surface area contributed by atoms with E-state index in [-0.39, 0.29) is 16.7 Å². The van der Waals surface area contributed by atoms with Crippen LogP contribution in [0.5, 0.6) is 0 Å². The first-order chi connectivity index (χ1) is 13.0. The fraction of sp³-hybridized carbons (Fsp3) is 0.158. The lowest BCUT2D eigenvalue weighted by Crippen LogP contribution is -2.22. The third kappa shape index (κ3) is 3.21. The topological polar surface area (TPSA) is 76.3 Å². The summed E-state index contributed by atoms with van der Waals surface area (Å²) in [5.41, 5.74) is 2.94. The molecule has 0 saturated carbocycles. The molecule has 1 N–H and O–H groups in total. The lowest BCUT2D eigenvalue weighted by Gasteiger charge is -2.06. The molecule has 0 aliphatic carbocycles. The molecule has 8 heteroatoms. The SMILES string of the molecule is O=C(N/N=C\c1ccc(F)cc1F)c1ccc2c(=O)n3c(nc2c1)CCC3. The molecule has 136 valence electrons. The minimum atomic E-state index is -0.780. The Kier molecular flexibility index (Phi) is 4.23. The van der Waals surface area contributed by atoms with Gasteiger partial charge in [-0.3, -0.25) is 14.2 Å². The second-order valence-corrected chi connectivity index (χ2v) is 6.19. The molecule has 3 aromatic rings. The summed E-state index contributed by atoms with van der Waals surface area (Å²) in [6, 6.07) is 7.64. The van der Waals surface area contributed by atoms with Gasteiger partial charge >= 0.3 is 0 Å². The van der Waals surface area contributed by atoms with Gasteiger partial charge in [-0.05, 0) is 36.8 Å². The highest BCUT2D eigenvalue weighted by Crippen LogP contribution is 2.16. The van der Waals surface area contributed by atoms with Crippen molar-refractivity contribution < 1.29 is 13.6 Å². The molecule has 1 amide bonds. The Bertz CT molecular complexity index is 1150. The smallest absolute Gasteiger partial charge is 0.271 e. The number of fused-ring (bicyclic) bond motifs is 2. The summed E-state index contributed by atoms with van der Waals surface area (Å²) < 4.78 is 28.1. The lowest BCUT2D eigenvalue weighted by atomic mass is 10.1. The molecule has 0 spiro atoms. The number of benzene rings is 2. The number of aryl methyl sites for hydroxylation is 1. The van der Waals surface area contributed by atoms with Gasteiger partial charge in [0.1, 0.15) is 17.5 Å². The van der Waals surface area contributed by atoms with E-state index in [9.17, 15) is 18.4 Å². The van der Waals surface area contributed by atoms with E-state index in [0.717, 1.165) is 37.0 Å². The zero-order valence-corrected chi connectivity index (χ0v) is 14.1. The first-order valence-corrected chi connectivity index (χ1v) is 8.35. The van der Waals surface area contributed by atoms with Crippen molar-refractivity contribution >= 4 is 23.0 Å². The molecule has 1 aliphatic heterocycles. The minimum Gasteiger partial charge on any atom is -0.296 e. The van der Waals surface area contributed by atoms with Gasteiger partial charge < -0.3 is 0 Å². The number of nitrogens with zero attached hydrogens (tertiary/aromatic N) is 3.